The standard InChI is InChI=1S/C19H21NO6S/c1-5-25-18(22)14-11(3)15(19(23)26-6-2)27-17(14)20-16(21)12-9-7-8-10-13(12)24-4/h7-10H,5-6H2,1-4H3,(H,20,21). The first kappa shape index (κ1) is 20.4. The first-order valence-electron chi connectivity index (χ1n) is 8.36. The number of hydrogen-bond acceptors (Lipinski definition) is 7. The number of para-hydroxylation sites is 1. The van der Waals surface area contributed by atoms with Crippen molar-refractivity contribution >= 4 is 34.2 Å². The molecule has 144 valence electrons. The van der Waals surface area contributed by atoms with Gasteiger partial charge >= 0.3 is 11.9 Å². The van der Waals surface area contributed by atoms with Crippen molar-refractivity contribution in [1.29, 1.82) is 0 Å². The molecule has 0 aliphatic heterocycles. The van der Waals surface area contributed by atoms with E-state index in [1.165, 1.54) is 7.11 Å². The Labute approximate surface area is 161 Å². The number of rotatable bonds is 7. The van der Waals surface area contributed by atoms with Gasteiger partial charge in [0.2, 0.25) is 0 Å². The molecule has 7 nitrogen and oxygen atoms in total. The molecule has 0 radical (unpaired) electrons. The number of thiophene rings is 1. The Balaban J connectivity index is 2.45. The highest BCUT2D eigenvalue weighted by atomic mass is 32.1. The fraction of sp³-hybridized carbons (Fsp3) is 0.316. The molecule has 0 spiro atoms. The SMILES string of the molecule is CCOC(=O)c1sc(NC(=O)c2ccccc2OC)c(C(=O)OCC)c1C. The third-order valence-electron chi connectivity index (χ3n) is 3.67. The van der Waals surface area contributed by atoms with Crippen LogP contribution >= 0.6 is 11.3 Å². The van der Waals surface area contributed by atoms with E-state index in [9.17, 15) is 14.4 Å². The predicted molar refractivity (Wildman–Crippen MR) is 102 cm³/mol. The van der Waals surface area contributed by atoms with Crippen LogP contribution in [0, 0.1) is 6.92 Å². The van der Waals surface area contributed by atoms with E-state index in [1.807, 2.05) is 0 Å². The lowest BCUT2D eigenvalue weighted by Crippen LogP contribution is -2.15. The number of carbonyl (C=O) groups is 3. The third kappa shape index (κ3) is 4.46. The van der Waals surface area contributed by atoms with Gasteiger partial charge < -0.3 is 19.5 Å². The summed E-state index contributed by atoms with van der Waals surface area (Å²) in [6, 6.07) is 6.71. The van der Waals surface area contributed by atoms with E-state index in [0.29, 0.717) is 16.9 Å². The Bertz CT molecular complexity index is 858. The lowest BCUT2D eigenvalue weighted by atomic mass is 10.1. The number of methoxy groups -OCH3 is 1. The summed E-state index contributed by atoms with van der Waals surface area (Å²) in [6.07, 6.45) is 0. The number of benzene rings is 1. The zero-order valence-electron chi connectivity index (χ0n) is 15.6. The molecule has 8 heteroatoms. The van der Waals surface area contributed by atoms with Crippen LogP contribution < -0.4 is 10.1 Å². The normalized spacial score (nSPS) is 10.2. The molecule has 1 amide bonds. The number of ether oxygens (including phenoxy) is 3. The number of carbonyl (C=O) groups excluding carboxylic acids is 3. The van der Waals surface area contributed by atoms with Gasteiger partial charge in [-0.05, 0) is 38.5 Å². The van der Waals surface area contributed by atoms with Crippen LogP contribution in [0.3, 0.4) is 0 Å². The molecule has 2 rings (SSSR count). The molecule has 1 aromatic heterocycles. The quantitative estimate of drug-likeness (QED) is 0.724. The average molecular weight is 391 g/mol. The van der Waals surface area contributed by atoms with Gasteiger partial charge in [0, 0.05) is 0 Å². The molecule has 1 N–H and O–H groups in total. The summed E-state index contributed by atoms with van der Waals surface area (Å²) >= 11 is 0.977. The van der Waals surface area contributed by atoms with Crippen LogP contribution in [0.15, 0.2) is 24.3 Å². The minimum Gasteiger partial charge on any atom is -0.496 e. The predicted octanol–water partition coefficient (Wildman–Crippen LogP) is 3.67. The van der Waals surface area contributed by atoms with Crippen molar-refractivity contribution in [2.75, 3.05) is 25.6 Å². The second-order valence-electron chi connectivity index (χ2n) is 5.36. The van der Waals surface area contributed by atoms with Crippen LogP contribution in [0.5, 0.6) is 5.75 Å². The number of amides is 1. The molecule has 1 heterocycles. The van der Waals surface area contributed by atoms with Gasteiger partial charge in [-0.3, -0.25) is 4.79 Å². The van der Waals surface area contributed by atoms with Gasteiger partial charge in [0.05, 0.1) is 31.5 Å². The number of anilines is 1. The van der Waals surface area contributed by atoms with Crippen LogP contribution in [0.25, 0.3) is 0 Å². The summed E-state index contributed by atoms with van der Waals surface area (Å²) in [7, 11) is 1.46. The van der Waals surface area contributed by atoms with Gasteiger partial charge in [-0.25, -0.2) is 9.59 Å². The summed E-state index contributed by atoms with van der Waals surface area (Å²) in [4.78, 5) is 37.5. The van der Waals surface area contributed by atoms with Crippen molar-refractivity contribution in [3.63, 3.8) is 0 Å². The van der Waals surface area contributed by atoms with E-state index >= 15 is 0 Å². The van der Waals surface area contributed by atoms with Crippen LogP contribution in [0.4, 0.5) is 5.00 Å². The molecule has 0 saturated carbocycles. The second kappa shape index (κ2) is 9.18. The van der Waals surface area contributed by atoms with Crippen LogP contribution in [0.2, 0.25) is 0 Å². The van der Waals surface area contributed by atoms with Crippen LogP contribution in [-0.2, 0) is 9.47 Å². The summed E-state index contributed by atoms with van der Waals surface area (Å²) < 4.78 is 15.3. The summed E-state index contributed by atoms with van der Waals surface area (Å²) in [5, 5.41) is 2.92. The molecular weight excluding hydrogens is 370 g/mol. The minimum absolute atomic E-state index is 0.146. The maximum atomic E-state index is 12.7. The molecular formula is C19H21NO6S. The van der Waals surface area contributed by atoms with Gasteiger partial charge in [0.15, 0.2) is 0 Å². The molecule has 0 atom stereocenters. The molecule has 0 bridgehead atoms. The largest absolute Gasteiger partial charge is 0.496 e. The first-order valence-corrected chi connectivity index (χ1v) is 9.18. The fourth-order valence-corrected chi connectivity index (χ4v) is 3.53. The third-order valence-corrected chi connectivity index (χ3v) is 4.85. The van der Waals surface area contributed by atoms with Crippen molar-refractivity contribution in [3.05, 3.63) is 45.8 Å². The number of hydrogen-bond donors (Lipinski definition) is 1. The van der Waals surface area contributed by atoms with Gasteiger partial charge in [-0.2, -0.15) is 0 Å². The van der Waals surface area contributed by atoms with Gasteiger partial charge in [-0.1, -0.05) is 12.1 Å². The lowest BCUT2D eigenvalue weighted by molar-refractivity contribution is 0.0527. The van der Waals surface area contributed by atoms with Crippen molar-refractivity contribution in [2.45, 2.75) is 20.8 Å². The maximum absolute atomic E-state index is 12.7. The highest BCUT2D eigenvalue weighted by Crippen LogP contribution is 2.35. The Morgan fingerprint density at radius 1 is 1.04 bits per heavy atom. The van der Waals surface area contributed by atoms with Crippen molar-refractivity contribution in [3.8, 4) is 5.75 Å². The second-order valence-corrected chi connectivity index (χ2v) is 6.38. The molecule has 0 unspecified atom stereocenters. The summed E-state index contributed by atoms with van der Waals surface area (Å²) in [5.74, 6) is -1.23. The summed E-state index contributed by atoms with van der Waals surface area (Å²) in [5.41, 5.74) is 0.860. The Morgan fingerprint density at radius 3 is 2.30 bits per heavy atom. The number of esters is 2. The lowest BCUT2D eigenvalue weighted by Gasteiger charge is -2.09. The zero-order valence-corrected chi connectivity index (χ0v) is 16.4. The van der Waals surface area contributed by atoms with E-state index in [4.69, 9.17) is 14.2 Å². The highest BCUT2D eigenvalue weighted by Gasteiger charge is 2.27. The highest BCUT2D eigenvalue weighted by molar-refractivity contribution is 7.18. The zero-order chi connectivity index (χ0) is 20.0. The molecule has 0 aliphatic rings. The smallest absolute Gasteiger partial charge is 0.348 e. The van der Waals surface area contributed by atoms with E-state index in [2.05, 4.69) is 5.32 Å². The average Bonchev–Trinajstić information content (AvgIpc) is 2.98. The topological polar surface area (TPSA) is 90.9 Å². The molecule has 0 saturated heterocycles. The van der Waals surface area contributed by atoms with Crippen LogP contribution in [0.1, 0.15) is 49.8 Å². The minimum atomic E-state index is -0.614. The molecule has 0 aliphatic carbocycles. The van der Waals surface area contributed by atoms with E-state index in [-0.39, 0.29) is 28.7 Å². The molecule has 1 aromatic carbocycles. The number of nitrogens with one attached hydrogen (secondary N) is 1. The van der Waals surface area contributed by atoms with E-state index in [1.54, 1.807) is 45.0 Å². The molecule has 27 heavy (non-hydrogen) atoms. The Hall–Kier alpha value is -2.87. The molecule has 0 fully saturated rings. The summed E-state index contributed by atoms with van der Waals surface area (Å²) in [6.45, 7) is 5.36. The Morgan fingerprint density at radius 2 is 1.67 bits per heavy atom. The van der Waals surface area contributed by atoms with Crippen molar-refractivity contribution in [2.24, 2.45) is 0 Å². The van der Waals surface area contributed by atoms with Gasteiger partial charge in [-0.15, -0.1) is 11.3 Å². The maximum Gasteiger partial charge on any atom is 0.348 e. The fourth-order valence-electron chi connectivity index (χ4n) is 2.44. The first-order chi connectivity index (χ1) is 12.9. The van der Waals surface area contributed by atoms with E-state index in [0.717, 1.165) is 11.3 Å². The monoisotopic (exact) mass is 391 g/mol. The van der Waals surface area contributed by atoms with Gasteiger partial charge in [0.25, 0.3) is 5.91 Å². The van der Waals surface area contributed by atoms with Crippen molar-refractivity contribution in [1.82, 2.24) is 0 Å². The Kier molecular flexibility index (Phi) is 6.95. The van der Waals surface area contributed by atoms with Crippen LogP contribution in [-0.4, -0.2) is 38.2 Å². The van der Waals surface area contributed by atoms with Gasteiger partial charge in [0.1, 0.15) is 15.6 Å². The van der Waals surface area contributed by atoms with E-state index < -0.39 is 17.8 Å². The van der Waals surface area contributed by atoms with Crippen molar-refractivity contribution < 1.29 is 28.6 Å². The molecule has 2 aromatic rings.